The highest BCUT2D eigenvalue weighted by atomic mass is 16.6. The second kappa shape index (κ2) is 5.68. The summed E-state index contributed by atoms with van der Waals surface area (Å²) in [5.41, 5.74) is -1.11. The third-order valence-electron chi connectivity index (χ3n) is 3.46. The fourth-order valence-corrected chi connectivity index (χ4v) is 2.39. The molecule has 0 atom stereocenters. The molecule has 1 aromatic carbocycles. The first kappa shape index (κ1) is 16.4. The van der Waals surface area contributed by atoms with E-state index in [0.29, 0.717) is 17.1 Å². The van der Waals surface area contributed by atoms with Crippen molar-refractivity contribution >= 4 is 6.09 Å². The van der Waals surface area contributed by atoms with E-state index in [9.17, 15) is 9.90 Å². The first-order valence-corrected chi connectivity index (χ1v) is 7.11. The van der Waals surface area contributed by atoms with E-state index in [-0.39, 0.29) is 13.1 Å². The summed E-state index contributed by atoms with van der Waals surface area (Å²) in [6.07, 6.45) is -0.431. The molecule has 1 N–H and O–H groups in total. The third-order valence-corrected chi connectivity index (χ3v) is 3.46. The zero-order valence-corrected chi connectivity index (χ0v) is 13.7. The predicted octanol–water partition coefficient (Wildman–Crippen LogP) is 2.14. The molecule has 122 valence electrons. The van der Waals surface area contributed by atoms with Crippen LogP contribution in [-0.4, -0.2) is 49.0 Å². The van der Waals surface area contributed by atoms with Crippen molar-refractivity contribution in [2.24, 2.45) is 0 Å². The SMILES string of the molecule is COc1ccc(OC)c(C2(O)CN(C(=O)OC(C)(C)C)C2)c1. The molecule has 0 aromatic heterocycles. The standard InChI is InChI=1S/C16H23NO5/c1-15(2,3)22-14(18)17-9-16(19,10-17)12-8-11(20-4)6-7-13(12)21-5/h6-8,19H,9-10H2,1-5H3. The van der Waals surface area contributed by atoms with Gasteiger partial charge in [0.15, 0.2) is 0 Å². The molecule has 0 unspecified atom stereocenters. The second-order valence-electron chi connectivity index (χ2n) is 6.43. The molecular formula is C16H23NO5. The van der Waals surface area contributed by atoms with Crippen molar-refractivity contribution in [3.63, 3.8) is 0 Å². The van der Waals surface area contributed by atoms with Crippen molar-refractivity contribution in [3.8, 4) is 11.5 Å². The summed E-state index contributed by atoms with van der Waals surface area (Å²) < 4.78 is 15.8. The van der Waals surface area contributed by atoms with E-state index in [0.717, 1.165) is 0 Å². The maximum Gasteiger partial charge on any atom is 0.410 e. The van der Waals surface area contributed by atoms with Crippen LogP contribution in [-0.2, 0) is 10.3 Å². The Morgan fingerprint density at radius 3 is 2.36 bits per heavy atom. The van der Waals surface area contributed by atoms with Crippen LogP contribution in [0.3, 0.4) is 0 Å². The van der Waals surface area contributed by atoms with Gasteiger partial charge in [0.25, 0.3) is 0 Å². The molecule has 2 rings (SSSR count). The minimum Gasteiger partial charge on any atom is -0.497 e. The largest absolute Gasteiger partial charge is 0.497 e. The van der Waals surface area contributed by atoms with Gasteiger partial charge in [-0.15, -0.1) is 0 Å². The Morgan fingerprint density at radius 2 is 1.86 bits per heavy atom. The van der Waals surface area contributed by atoms with Gasteiger partial charge in [-0.3, -0.25) is 0 Å². The number of likely N-dealkylation sites (tertiary alicyclic amines) is 1. The minimum absolute atomic E-state index is 0.158. The van der Waals surface area contributed by atoms with E-state index in [1.807, 2.05) is 20.8 Å². The summed E-state index contributed by atoms with van der Waals surface area (Å²) in [4.78, 5) is 13.4. The number of carbonyl (C=O) groups is 1. The van der Waals surface area contributed by atoms with Crippen molar-refractivity contribution in [2.75, 3.05) is 27.3 Å². The fraction of sp³-hybridized carbons (Fsp3) is 0.562. The Balaban J connectivity index is 2.14. The van der Waals surface area contributed by atoms with E-state index in [1.165, 1.54) is 4.90 Å². The second-order valence-corrected chi connectivity index (χ2v) is 6.43. The van der Waals surface area contributed by atoms with Crippen LogP contribution < -0.4 is 9.47 Å². The smallest absolute Gasteiger partial charge is 0.410 e. The molecule has 1 saturated heterocycles. The van der Waals surface area contributed by atoms with E-state index >= 15 is 0 Å². The number of β-amino-alcohol motifs (C(OH)–C–C–N with tert-alkyl or cyclic N) is 1. The number of hydrogen-bond donors (Lipinski definition) is 1. The highest BCUT2D eigenvalue weighted by Crippen LogP contribution is 2.39. The van der Waals surface area contributed by atoms with Gasteiger partial charge in [0, 0.05) is 5.56 Å². The number of rotatable bonds is 3. The number of amides is 1. The van der Waals surface area contributed by atoms with Crippen LogP contribution in [0.4, 0.5) is 4.79 Å². The number of aliphatic hydroxyl groups is 1. The van der Waals surface area contributed by atoms with Crippen molar-refractivity contribution in [2.45, 2.75) is 32.0 Å². The van der Waals surface area contributed by atoms with Crippen LogP contribution in [0.15, 0.2) is 18.2 Å². The minimum atomic E-state index is -1.16. The van der Waals surface area contributed by atoms with Gasteiger partial charge in [-0.2, -0.15) is 0 Å². The molecule has 22 heavy (non-hydrogen) atoms. The van der Waals surface area contributed by atoms with E-state index in [4.69, 9.17) is 14.2 Å². The van der Waals surface area contributed by atoms with Gasteiger partial charge in [-0.1, -0.05) is 0 Å². The molecule has 0 spiro atoms. The maximum absolute atomic E-state index is 12.0. The Kier molecular flexibility index (Phi) is 4.24. The molecule has 0 bridgehead atoms. The van der Waals surface area contributed by atoms with Crippen LogP contribution >= 0.6 is 0 Å². The molecular weight excluding hydrogens is 286 g/mol. The summed E-state index contributed by atoms with van der Waals surface area (Å²) in [6.45, 7) is 5.74. The normalized spacial score (nSPS) is 16.7. The maximum atomic E-state index is 12.0. The highest BCUT2D eigenvalue weighted by molar-refractivity contribution is 5.70. The van der Waals surface area contributed by atoms with Gasteiger partial charge < -0.3 is 24.2 Å². The zero-order valence-electron chi connectivity index (χ0n) is 13.7. The molecule has 1 aromatic rings. The lowest BCUT2D eigenvalue weighted by Gasteiger charge is -2.46. The molecule has 0 aliphatic carbocycles. The average molecular weight is 309 g/mol. The summed E-state index contributed by atoms with van der Waals surface area (Å²) >= 11 is 0. The zero-order chi connectivity index (χ0) is 16.5. The van der Waals surface area contributed by atoms with Gasteiger partial charge in [-0.05, 0) is 39.0 Å². The van der Waals surface area contributed by atoms with Crippen molar-refractivity contribution in [1.29, 1.82) is 0 Å². The van der Waals surface area contributed by atoms with Crippen LogP contribution in [0, 0.1) is 0 Å². The number of methoxy groups -OCH3 is 2. The summed E-state index contributed by atoms with van der Waals surface area (Å²) in [5.74, 6) is 1.19. The molecule has 1 aliphatic rings. The topological polar surface area (TPSA) is 68.2 Å². The average Bonchev–Trinajstić information content (AvgIpc) is 2.41. The first-order valence-electron chi connectivity index (χ1n) is 7.11. The van der Waals surface area contributed by atoms with E-state index < -0.39 is 17.3 Å². The predicted molar refractivity (Wildman–Crippen MR) is 81.2 cm³/mol. The molecule has 1 aliphatic heterocycles. The molecule has 0 radical (unpaired) electrons. The number of benzene rings is 1. The molecule has 6 heteroatoms. The monoisotopic (exact) mass is 309 g/mol. The summed E-state index contributed by atoms with van der Waals surface area (Å²) in [7, 11) is 3.10. The quantitative estimate of drug-likeness (QED) is 0.926. The Morgan fingerprint density at radius 1 is 1.23 bits per heavy atom. The molecule has 6 nitrogen and oxygen atoms in total. The number of hydrogen-bond acceptors (Lipinski definition) is 5. The van der Waals surface area contributed by atoms with Crippen LogP contribution in [0.25, 0.3) is 0 Å². The number of ether oxygens (including phenoxy) is 3. The van der Waals surface area contributed by atoms with Crippen molar-refractivity contribution in [3.05, 3.63) is 23.8 Å². The van der Waals surface area contributed by atoms with Crippen LogP contribution in [0.2, 0.25) is 0 Å². The summed E-state index contributed by atoms with van der Waals surface area (Å²) in [5, 5.41) is 10.7. The molecule has 1 fully saturated rings. The molecule has 1 heterocycles. The Bertz CT molecular complexity index is 558. The highest BCUT2D eigenvalue weighted by Gasteiger charge is 2.48. The van der Waals surface area contributed by atoms with Gasteiger partial charge in [0.2, 0.25) is 0 Å². The van der Waals surface area contributed by atoms with Crippen molar-refractivity contribution < 1.29 is 24.1 Å². The van der Waals surface area contributed by atoms with E-state index in [1.54, 1.807) is 32.4 Å². The molecule has 1 amide bonds. The summed E-state index contributed by atoms with van der Waals surface area (Å²) in [6, 6.07) is 5.23. The van der Waals surface area contributed by atoms with Gasteiger partial charge in [0.05, 0.1) is 27.3 Å². The third kappa shape index (κ3) is 3.27. The lowest BCUT2D eigenvalue weighted by Crippen LogP contribution is -2.62. The fourth-order valence-electron chi connectivity index (χ4n) is 2.39. The Hall–Kier alpha value is -1.95. The lowest BCUT2D eigenvalue weighted by atomic mass is 9.85. The number of nitrogens with zero attached hydrogens (tertiary/aromatic N) is 1. The van der Waals surface area contributed by atoms with Gasteiger partial charge in [0.1, 0.15) is 22.7 Å². The number of carbonyl (C=O) groups excluding carboxylic acids is 1. The van der Waals surface area contributed by atoms with Gasteiger partial charge in [-0.25, -0.2) is 4.79 Å². The van der Waals surface area contributed by atoms with Crippen molar-refractivity contribution in [1.82, 2.24) is 4.90 Å². The van der Waals surface area contributed by atoms with Crippen LogP contribution in [0.5, 0.6) is 11.5 Å². The first-order chi connectivity index (χ1) is 10.2. The van der Waals surface area contributed by atoms with Gasteiger partial charge >= 0.3 is 6.09 Å². The molecule has 0 saturated carbocycles. The lowest BCUT2D eigenvalue weighted by molar-refractivity contribution is -0.104. The van der Waals surface area contributed by atoms with Crippen LogP contribution in [0.1, 0.15) is 26.3 Å². The van der Waals surface area contributed by atoms with E-state index in [2.05, 4.69) is 0 Å². The Labute approximate surface area is 130 Å².